The van der Waals surface area contributed by atoms with E-state index in [1.807, 2.05) is 0 Å². The molecule has 0 fully saturated rings. The maximum atomic E-state index is 12.5. The molecule has 0 radical (unpaired) electrons. The van der Waals surface area contributed by atoms with Crippen LogP contribution < -0.4 is 9.47 Å². The lowest BCUT2D eigenvalue weighted by Gasteiger charge is -2.10. The number of nitro groups is 2. The van der Waals surface area contributed by atoms with E-state index in [2.05, 4.69) is 0 Å². The first kappa shape index (κ1) is 25.1. The first-order valence-corrected chi connectivity index (χ1v) is 11.1. The zero-order chi connectivity index (χ0) is 26.4. The number of halogens is 1. The van der Waals surface area contributed by atoms with Gasteiger partial charge in [-0.05, 0) is 60.2 Å². The minimum absolute atomic E-state index is 0.0274. The van der Waals surface area contributed by atoms with Gasteiger partial charge >= 0.3 is 11.7 Å². The number of carbonyl (C=O) groups excluding carboxylic acids is 1. The van der Waals surface area contributed by atoms with Crippen molar-refractivity contribution in [2.45, 2.75) is 6.61 Å². The molecule has 0 saturated carbocycles. The lowest BCUT2D eigenvalue weighted by Crippen LogP contribution is -2.05. The normalized spacial score (nSPS) is 10.4. The van der Waals surface area contributed by atoms with E-state index in [1.54, 1.807) is 24.3 Å². The number of non-ortho nitro benzene ring substituents is 1. The Morgan fingerprint density at radius 3 is 2.08 bits per heavy atom. The van der Waals surface area contributed by atoms with Crippen molar-refractivity contribution in [3.8, 4) is 23.0 Å². The highest BCUT2D eigenvalue weighted by Crippen LogP contribution is 2.37. The molecule has 0 atom stereocenters. The molecule has 10 nitrogen and oxygen atoms in total. The monoisotopic (exact) mass is 520 g/mol. The Kier molecular flexibility index (Phi) is 7.60. The Balaban J connectivity index is 1.36. The molecule has 0 N–H and O–H groups in total. The molecule has 4 rings (SSSR count). The number of esters is 1. The van der Waals surface area contributed by atoms with Crippen molar-refractivity contribution < 1.29 is 28.9 Å². The van der Waals surface area contributed by atoms with E-state index in [-0.39, 0.29) is 40.1 Å². The Labute approximate surface area is 214 Å². The minimum Gasteiger partial charge on any atom is -0.457 e. The van der Waals surface area contributed by atoms with Crippen LogP contribution in [0.4, 0.5) is 11.4 Å². The number of nitro benzene ring substituents is 2. The van der Waals surface area contributed by atoms with Crippen LogP contribution in [0.5, 0.6) is 23.0 Å². The molecule has 4 aromatic carbocycles. The molecule has 0 heterocycles. The average molecular weight is 521 g/mol. The van der Waals surface area contributed by atoms with E-state index in [0.29, 0.717) is 17.1 Å². The Morgan fingerprint density at radius 2 is 1.41 bits per heavy atom. The van der Waals surface area contributed by atoms with Crippen molar-refractivity contribution in [2.24, 2.45) is 0 Å². The molecule has 0 saturated heterocycles. The molecule has 0 aromatic heterocycles. The number of ether oxygens (including phenoxy) is 3. The topological polar surface area (TPSA) is 131 Å². The number of rotatable bonds is 9. The smallest absolute Gasteiger partial charge is 0.338 e. The summed E-state index contributed by atoms with van der Waals surface area (Å²) >= 11 is 6.04. The van der Waals surface area contributed by atoms with Gasteiger partial charge in [0, 0.05) is 18.2 Å². The summed E-state index contributed by atoms with van der Waals surface area (Å²) in [5.41, 5.74) is 0.589. The number of hydrogen-bond acceptors (Lipinski definition) is 8. The van der Waals surface area contributed by atoms with Crippen LogP contribution in [0.1, 0.15) is 15.9 Å². The van der Waals surface area contributed by atoms with Gasteiger partial charge in [0.25, 0.3) is 5.69 Å². The minimum atomic E-state index is -0.598. The first-order chi connectivity index (χ1) is 17.8. The summed E-state index contributed by atoms with van der Waals surface area (Å²) < 4.78 is 16.7. The van der Waals surface area contributed by atoms with Gasteiger partial charge in [0.1, 0.15) is 23.9 Å². The molecule has 0 spiro atoms. The summed E-state index contributed by atoms with van der Waals surface area (Å²) in [5, 5.41) is 22.1. The zero-order valence-corrected chi connectivity index (χ0v) is 19.7. The fraction of sp³-hybridized carbons (Fsp3) is 0.0385. The number of para-hydroxylation sites is 1. The van der Waals surface area contributed by atoms with Gasteiger partial charge in [-0.3, -0.25) is 20.2 Å². The predicted octanol–water partition coefficient (Wildman–Crippen LogP) is 7.10. The summed E-state index contributed by atoms with van der Waals surface area (Å²) in [7, 11) is 0. The van der Waals surface area contributed by atoms with E-state index in [1.165, 1.54) is 66.7 Å². The molecule has 0 aliphatic carbocycles. The SMILES string of the molecule is O=C(OCc1cccc(Oc2ccc([N+](=O)[O-])cc2)c1)c1ccc(Oc2c(Cl)cccc2[N+](=O)[O-])cc1. The van der Waals surface area contributed by atoms with Crippen LogP contribution in [-0.2, 0) is 11.3 Å². The molecule has 4 aromatic rings. The van der Waals surface area contributed by atoms with Crippen LogP contribution in [0.25, 0.3) is 0 Å². The Hall–Kier alpha value is -4.96. The van der Waals surface area contributed by atoms with Gasteiger partial charge in [-0.1, -0.05) is 29.8 Å². The predicted molar refractivity (Wildman–Crippen MR) is 133 cm³/mol. The van der Waals surface area contributed by atoms with E-state index in [9.17, 15) is 25.0 Å². The highest BCUT2D eigenvalue weighted by Gasteiger charge is 2.19. The molecular formula is C26H17ClN2O8. The summed E-state index contributed by atoms with van der Waals surface area (Å²) in [6, 6.07) is 22.6. The van der Waals surface area contributed by atoms with Gasteiger partial charge in [0.05, 0.1) is 20.4 Å². The summed E-state index contributed by atoms with van der Waals surface area (Å²) in [5.74, 6) is 0.461. The molecule has 186 valence electrons. The first-order valence-electron chi connectivity index (χ1n) is 10.7. The molecule has 0 bridgehead atoms. The second-order valence-electron chi connectivity index (χ2n) is 7.55. The molecule has 0 amide bonds. The number of hydrogen-bond donors (Lipinski definition) is 0. The van der Waals surface area contributed by atoms with Crippen molar-refractivity contribution in [3.63, 3.8) is 0 Å². The number of nitrogens with zero attached hydrogens (tertiary/aromatic N) is 2. The second-order valence-corrected chi connectivity index (χ2v) is 7.96. The summed E-state index contributed by atoms with van der Waals surface area (Å²) in [6.07, 6.45) is 0. The number of benzene rings is 4. The van der Waals surface area contributed by atoms with Crippen molar-refractivity contribution in [2.75, 3.05) is 0 Å². The number of carbonyl (C=O) groups is 1. The van der Waals surface area contributed by atoms with Gasteiger partial charge in [0.2, 0.25) is 5.75 Å². The van der Waals surface area contributed by atoms with E-state index < -0.39 is 15.8 Å². The largest absolute Gasteiger partial charge is 0.457 e. The molecule has 0 unspecified atom stereocenters. The van der Waals surface area contributed by atoms with Crippen molar-refractivity contribution in [1.29, 1.82) is 0 Å². The fourth-order valence-corrected chi connectivity index (χ4v) is 3.43. The summed E-state index contributed by atoms with van der Waals surface area (Å²) in [6.45, 7) is -0.0274. The second kappa shape index (κ2) is 11.2. The Morgan fingerprint density at radius 1 is 0.757 bits per heavy atom. The van der Waals surface area contributed by atoms with Crippen LogP contribution in [0.15, 0.2) is 91.0 Å². The standard InChI is InChI=1S/C26H17ClN2O8/c27-23-5-2-6-24(29(33)34)25(23)37-21-11-7-18(8-12-21)26(30)35-16-17-3-1-4-22(15-17)36-20-13-9-19(10-14-20)28(31)32/h1-15H,16H2. The van der Waals surface area contributed by atoms with Crippen LogP contribution in [0.3, 0.4) is 0 Å². The quantitative estimate of drug-likeness (QED) is 0.130. The molecule has 0 aliphatic rings. The molecule has 37 heavy (non-hydrogen) atoms. The lowest BCUT2D eigenvalue weighted by molar-refractivity contribution is -0.385. The molecular weight excluding hydrogens is 504 g/mol. The van der Waals surface area contributed by atoms with Gasteiger partial charge in [-0.2, -0.15) is 0 Å². The van der Waals surface area contributed by atoms with E-state index in [0.717, 1.165) is 0 Å². The fourth-order valence-electron chi connectivity index (χ4n) is 3.22. The maximum Gasteiger partial charge on any atom is 0.338 e. The van der Waals surface area contributed by atoms with Gasteiger partial charge in [0.15, 0.2) is 0 Å². The third kappa shape index (κ3) is 6.38. The van der Waals surface area contributed by atoms with Gasteiger partial charge in [-0.25, -0.2) is 4.79 Å². The van der Waals surface area contributed by atoms with Crippen molar-refractivity contribution in [3.05, 3.63) is 127 Å². The van der Waals surface area contributed by atoms with Crippen LogP contribution in [-0.4, -0.2) is 15.8 Å². The van der Waals surface area contributed by atoms with Crippen molar-refractivity contribution in [1.82, 2.24) is 0 Å². The maximum absolute atomic E-state index is 12.5. The highest BCUT2D eigenvalue weighted by molar-refractivity contribution is 6.32. The summed E-state index contributed by atoms with van der Waals surface area (Å²) in [4.78, 5) is 33.4. The average Bonchev–Trinajstić information content (AvgIpc) is 2.89. The van der Waals surface area contributed by atoms with Crippen LogP contribution >= 0.6 is 11.6 Å². The van der Waals surface area contributed by atoms with Gasteiger partial charge in [-0.15, -0.1) is 0 Å². The Bertz CT molecular complexity index is 1460. The van der Waals surface area contributed by atoms with E-state index >= 15 is 0 Å². The van der Waals surface area contributed by atoms with Crippen LogP contribution in [0, 0.1) is 20.2 Å². The molecule has 0 aliphatic heterocycles. The highest BCUT2D eigenvalue weighted by atomic mass is 35.5. The van der Waals surface area contributed by atoms with E-state index in [4.69, 9.17) is 25.8 Å². The zero-order valence-electron chi connectivity index (χ0n) is 18.9. The molecule has 11 heteroatoms. The van der Waals surface area contributed by atoms with Gasteiger partial charge < -0.3 is 14.2 Å². The lowest BCUT2D eigenvalue weighted by atomic mass is 10.2. The van der Waals surface area contributed by atoms with Crippen molar-refractivity contribution >= 4 is 28.9 Å². The third-order valence-electron chi connectivity index (χ3n) is 5.00. The third-order valence-corrected chi connectivity index (χ3v) is 5.30. The van der Waals surface area contributed by atoms with Crippen LogP contribution in [0.2, 0.25) is 5.02 Å².